The topological polar surface area (TPSA) is 76.1 Å². The van der Waals surface area contributed by atoms with Crippen molar-refractivity contribution in [2.24, 2.45) is 5.92 Å². The van der Waals surface area contributed by atoms with Crippen molar-refractivity contribution in [3.63, 3.8) is 0 Å². The first-order valence-electron chi connectivity index (χ1n) is 7.23. The predicted molar refractivity (Wildman–Crippen MR) is 80.3 cm³/mol. The molecular formula is C15H29NO5. The molecule has 0 aliphatic carbocycles. The molecule has 0 radical (unpaired) electrons. The fraction of sp³-hybridized carbons (Fsp3) is 0.867. The number of rotatable bonds is 7. The molecule has 0 saturated heterocycles. The Labute approximate surface area is 127 Å². The molecule has 0 aromatic heterocycles. The van der Waals surface area contributed by atoms with Gasteiger partial charge in [0.1, 0.15) is 5.60 Å². The molecule has 0 aliphatic rings. The molecule has 1 N–H and O–H groups in total. The number of carboxylic acid groups (broad SMARTS) is 1. The van der Waals surface area contributed by atoms with Gasteiger partial charge in [-0.1, -0.05) is 20.3 Å². The Bertz CT molecular complexity index is 350. The van der Waals surface area contributed by atoms with Gasteiger partial charge >= 0.3 is 12.1 Å². The highest BCUT2D eigenvalue weighted by Crippen LogP contribution is 2.23. The molecule has 0 unspecified atom stereocenters. The molecule has 1 amide bonds. The molecule has 0 spiro atoms. The predicted octanol–water partition coefficient (Wildman–Crippen LogP) is 2.76. The second-order valence-corrected chi connectivity index (χ2v) is 6.34. The van der Waals surface area contributed by atoms with E-state index in [9.17, 15) is 9.59 Å². The van der Waals surface area contributed by atoms with Crippen molar-refractivity contribution < 1.29 is 24.2 Å². The third-order valence-electron chi connectivity index (χ3n) is 3.42. The van der Waals surface area contributed by atoms with E-state index < -0.39 is 23.8 Å². The first-order chi connectivity index (χ1) is 9.53. The fourth-order valence-electron chi connectivity index (χ4n) is 2.21. The first-order valence-corrected chi connectivity index (χ1v) is 7.23. The summed E-state index contributed by atoms with van der Waals surface area (Å²) in [6.45, 7) is 9.35. The number of carboxylic acids is 1. The van der Waals surface area contributed by atoms with Crippen LogP contribution in [0.4, 0.5) is 4.79 Å². The normalized spacial score (nSPS) is 16.0. The van der Waals surface area contributed by atoms with Crippen LogP contribution in [0, 0.1) is 5.92 Å². The van der Waals surface area contributed by atoms with Crippen molar-refractivity contribution in [1.29, 1.82) is 0 Å². The molecule has 0 heterocycles. The van der Waals surface area contributed by atoms with Gasteiger partial charge in [-0.3, -0.25) is 4.79 Å². The number of carbonyl (C=O) groups is 2. The summed E-state index contributed by atoms with van der Waals surface area (Å²) in [6.07, 6.45) is -0.397. The van der Waals surface area contributed by atoms with Gasteiger partial charge in [-0.2, -0.15) is 0 Å². The van der Waals surface area contributed by atoms with Crippen LogP contribution in [0.5, 0.6) is 0 Å². The molecule has 0 rings (SSSR count). The Kier molecular flexibility index (Phi) is 7.71. The highest BCUT2D eigenvalue weighted by molar-refractivity contribution is 5.69. The SMILES string of the molecule is CC[C@H](C)[C@@H]([C@H](CC(=O)O)OC)N(C)C(=O)OC(C)(C)C. The van der Waals surface area contributed by atoms with E-state index in [1.165, 1.54) is 12.0 Å². The lowest BCUT2D eigenvalue weighted by Gasteiger charge is -2.37. The molecule has 0 aromatic carbocycles. The molecule has 3 atom stereocenters. The van der Waals surface area contributed by atoms with Crippen LogP contribution in [0.3, 0.4) is 0 Å². The lowest BCUT2D eigenvalue weighted by molar-refractivity contribution is -0.141. The van der Waals surface area contributed by atoms with E-state index in [0.29, 0.717) is 0 Å². The lowest BCUT2D eigenvalue weighted by atomic mass is 9.91. The maximum atomic E-state index is 12.2. The van der Waals surface area contributed by atoms with Crippen LogP contribution >= 0.6 is 0 Å². The minimum absolute atomic E-state index is 0.0896. The van der Waals surface area contributed by atoms with E-state index in [1.54, 1.807) is 27.8 Å². The maximum absolute atomic E-state index is 12.2. The molecule has 6 heteroatoms. The summed E-state index contributed by atoms with van der Waals surface area (Å²) in [5, 5.41) is 9.01. The molecule has 6 nitrogen and oxygen atoms in total. The van der Waals surface area contributed by atoms with Crippen LogP contribution in [0.15, 0.2) is 0 Å². The van der Waals surface area contributed by atoms with Crippen molar-refractivity contribution in [3.8, 4) is 0 Å². The van der Waals surface area contributed by atoms with E-state index in [0.717, 1.165) is 6.42 Å². The average Bonchev–Trinajstić information content (AvgIpc) is 2.34. The number of hydrogen-bond donors (Lipinski definition) is 1. The number of methoxy groups -OCH3 is 1. The smallest absolute Gasteiger partial charge is 0.410 e. The van der Waals surface area contributed by atoms with Crippen molar-refractivity contribution in [3.05, 3.63) is 0 Å². The summed E-state index contributed by atoms with van der Waals surface area (Å²) in [6, 6.07) is -0.356. The van der Waals surface area contributed by atoms with E-state index in [2.05, 4.69) is 0 Å². The number of carbonyl (C=O) groups excluding carboxylic acids is 1. The van der Waals surface area contributed by atoms with Crippen LogP contribution in [-0.4, -0.2) is 54.0 Å². The van der Waals surface area contributed by atoms with E-state index in [1.807, 2.05) is 13.8 Å². The van der Waals surface area contributed by atoms with Crippen molar-refractivity contribution >= 4 is 12.1 Å². The summed E-state index contributed by atoms with van der Waals surface area (Å²) < 4.78 is 10.7. The second-order valence-electron chi connectivity index (χ2n) is 6.34. The lowest BCUT2D eigenvalue weighted by Crippen LogP contribution is -2.51. The monoisotopic (exact) mass is 303 g/mol. The summed E-state index contributed by atoms with van der Waals surface area (Å²) >= 11 is 0. The summed E-state index contributed by atoms with van der Waals surface area (Å²) in [4.78, 5) is 24.7. The molecular weight excluding hydrogens is 274 g/mol. The highest BCUT2D eigenvalue weighted by Gasteiger charge is 2.35. The van der Waals surface area contributed by atoms with Crippen LogP contribution in [0.25, 0.3) is 0 Å². The third kappa shape index (κ3) is 6.80. The minimum Gasteiger partial charge on any atom is -0.481 e. The van der Waals surface area contributed by atoms with Crippen LogP contribution in [0.2, 0.25) is 0 Å². The van der Waals surface area contributed by atoms with Gasteiger partial charge in [0.2, 0.25) is 0 Å². The van der Waals surface area contributed by atoms with E-state index in [-0.39, 0.29) is 18.4 Å². The zero-order valence-electron chi connectivity index (χ0n) is 14.2. The third-order valence-corrected chi connectivity index (χ3v) is 3.42. The molecule has 0 bridgehead atoms. The standard InChI is InChI=1S/C15H29NO5/c1-8-10(2)13(11(20-7)9-12(17)18)16(6)14(19)21-15(3,4)5/h10-11,13H,8-9H2,1-7H3,(H,17,18)/t10-,11-,13-/m0/s1. The largest absolute Gasteiger partial charge is 0.481 e. The number of nitrogens with zero attached hydrogens (tertiary/aromatic N) is 1. The van der Waals surface area contributed by atoms with E-state index in [4.69, 9.17) is 14.6 Å². The second kappa shape index (κ2) is 8.22. The van der Waals surface area contributed by atoms with Crippen LogP contribution < -0.4 is 0 Å². The van der Waals surface area contributed by atoms with Gasteiger partial charge in [0.15, 0.2) is 0 Å². The molecule has 0 aliphatic heterocycles. The maximum Gasteiger partial charge on any atom is 0.410 e. The number of hydrogen-bond acceptors (Lipinski definition) is 4. The fourth-order valence-corrected chi connectivity index (χ4v) is 2.21. The minimum atomic E-state index is -0.951. The Hall–Kier alpha value is -1.30. The van der Waals surface area contributed by atoms with Crippen molar-refractivity contribution in [1.82, 2.24) is 4.90 Å². The van der Waals surface area contributed by atoms with Gasteiger partial charge in [-0.15, -0.1) is 0 Å². The quantitative estimate of drug-likeness (QED) is 0.782. The Balaban J connectivity index is 5.20. The van der Waals surface area contributed by atoms with Gasteiger partial charge in [0.25, 0.3) is 0 Å². The van der Waals surface area contributed by atoms with Crippen LogP contribution in [-0.2, 0) is 14.3 Å². The zero-order valence-corrected chi connectivity index (χ0v) is 14.2. The highest BCUT2D eigenvalue weighted by atomic mass is 16.6. The van der Waals surface area contributed by atoms with Gasteiger partial charge < -0.3 is 19.5 Å². The number of amides is 1. The van der Waals surface area contributed by atoms with Crippen LogP contribution in [0.1, 0.15) is 47.5 Å². The Morgan fingerprint density at radius 1 is 1.29 bits per heavy atom. The van der Waals surface area contributed by atoms with Crippen molar-refractivity contribution in [2.45, 2.75) is 65.2 Å². The van der Waals surface area contributed by atoms with Gasteiger partial charge in [0.05, 0.1) is 18.6 Å². The molecule has 21 heavy (non-hydrogen) atoms. The van der Waals surface area contributed by atoms with Gasteiger partial charge in [-0.25, -0.2) is 4.79 Å². The van der Waals surface area contributed by atoms with Crippen molar-refractivity contribution in [2.75, 3.05) is 14.2 Å². The van der Waals surface area contributed by atoms with Gasteiger partial charge in [-0.05, 0) is 26.7 Å². The molecule has 0 fully saturated rings. The zero-order chi connectivity index (χ0) is 16.8. The average molecular weight is 303 g/mol. The molecule has 124 valence electrons. The number of aliphatic carboxylic acids is 1. The summed E-state index contributed by atoms with van der Waals surface area (Å²) in [5.74, 6) is -0.862. The Morgan fingerprint density at radius 3 is 2.14 bits per heavy atom. The van der Waals surface area contributed by atoms with E-state index >= 15 is 0 Å². The first kappa shape index (κ1) is 19.7. The van der Waals surface area contributed by atoms with Gasteiger partial charge in [0, 0.05) is 14.2 Å². The summed E-state index contributed by atoms with van der Waals surface area (Å²) in [7, 11) is 3.09. The molecule has 0 saturated carbocycles. The number of likely N-dealkylation sites (N-methyl/N-ethyl adjacent to an activating group) is 1. The molecule has 0 aromatic rings. The summed E-state index contributed by atoms with van der Waals surface area (Å²) in [5.41, 5.74) is -0.597. The Morgan fingerprint density at radius 2 is 1.81 bits per heavy atom. The number of ether oxygens (including phenoxy) is 2.